The van der Waals surface area contributed by atoms with Crippen molar-refractivity contribution in [2.24, 2.45) is 0 Å². The Morgan fingerprint density at radius 1 is 1.29 bits per heavy atom. The molecule has 0 fully saturated rings. The molecule has 0 amide bonds. The van der Waals surface area contributed by atoms with Crippen LogP contribution in [0.2, 0.25) is 0 Å². The van der Waals surface area contributed by atoms with E-state index in [1.54, 1.807) is 11.3 Å². The lowest BCUT2D eigenvalue weighted by Gasteiger charge is -2.00. The Balaban J connectivity index is 2.05. The third kappa shape index (κ3) is 2.68. The summed E-state index contributed by atoms with van der Waals surface area (Å²) in [5, 5.41) is 7.73. The topological polar surface area (TPSA) is 30.7 Å². The van der Waals surface area contributed by atoms with Crippen LogP contribution in [0, 0.1) is 13.8 Å². The molecule has 0 bridgehead atoms. The molecule has 3 nitrogen and oxygen atoms in total. The van der Waals surface area contributed by atoms with E-state index in [1.165, 1.54) is 5.69 Å². The number of hydrogen-bond acceptors (Lipinski definition) is 3. The number of rotatable bonds is 3. The van der Waals surface area contributed by atoms with Crippen molar-refractivity contribution < 1.29 is 0 Å². The average molecular weight is 362 g/mol. The van der Waals surface area contributed by atoms with Gasteiger partial charge in [-0.05, 0) is 32.9 Å². The van der Waals surface area contributed by atoms with E-state index in [4.69, 9.17) is 4.98 Å². The van der Waals surface area contributed by atoms with E-state index in [0.29, 0.717) is 0 Å². The van der Waals surface area contributed by atoms with Crippen LogP contribution < -0.4 is 0 Å². The van der Waals surface area contributed by atoms with Gasteiger partial charge in [0, 0.05) is 33.2 Å². The fourth-order valence-corrected chi connectivity index (χ4v) is 3.73. The summed E-state index contributed by atoms with van der Waals surface area (Å²) in [6, 6.07) is 8.24. The van der Waals surface area contributed by atoms with Gasteiger partial charge in [0.1, 0.15) is 5.01 Å². The highest BCUT2D eigenvalue weighted by Gasteiger charge is 2.16. The molecule has 0 unspecified atom stereocenters. The summed E-state index contributed by atoms with van der Waals surface area (Å²) in [6.07, 6.45) is 0. The number of aromatic nitrogens is 3. The van der Waals surface area contributed by atoms with Gasteiger partial charge in [0.05, 0.1) is 11.4 Å². The van der Waals surface area contributed by atoms with Gasteiger partial charge in [-0.1, -0.05) is 28.1 Å². The van der Waals surface area contributed by atoms with Crippen molar-refractivity contribution in [3.8, 4) is 21.8 Å². The van der Waals surface area contributed by atoms with Crippen molar-refractivity contribution in [3.63, 3.8) is 0 Å². The molecule has 0 aliphatic heterocycles. The van der Waals surface area contributed by atoms with Crippen molar-refractivity contribution >= 4 is 27.3 Å². The average Bonchev–Trinajstić information content (AvgIpc) is 3.03. The van der Waals surface area contributed by atoms with Gasteiger partial charge in [0.15, 0.2) is 0 Å². The number of benzene rings is 1. The maximum absolute atomic E-state index is 4.81. The summed E-state index contributed by atoms with van der Waals surface area (Å²) in [6.45, 7) is 7.15. The fourth-order valence-electron chi connectivity index (χ4n) is 2.52. The summed E-state index contributed by atoms with van der Waals surface area (Å²) in [4.78, 5) is 4.81. The van der Waals surface area contributed by atoms with Crippen molar-refractivity contribution in [2.45, 2.75) is 27.3 Å². The molecule has 0 saturated heterocycles. The van der Waals surface area contributed by atoms with Crippen LogP contribution in [0.5, 0.6) is 0 Å². The minimum Gasteiger partial charge on any atom is -0.269 e. The lowest BCUT2D eigenvalue weighted by molar-refractivity contribution is 0.634. The molecule has 5 heteroatoms. The van der Waals surface area contributed by atoms with Crippen LogP contribution in [0.15, 0.2) is 34.1 Å². The predicted octanol–water partition coefficient (Wildman–Crippen LogP) is 5.07. The van der Waals surface area contributed by atoms with E-state index >= 15 is 0 Å². The Kier molecular flexibility index (Phi) is 3.95. The molecule has 0 spiro atoms. The van der Waals surface area contributed by atoms with Gasteiger partial charge >= 0.3 is 0 Å². The molecule has 0 N–H and O–H groups in total. The summed E-state index contributed by atoms with van der Waals surface area (Å²) in [7, 11) is 0. The zero-order chi connectivity index (χ0) is 15.0. The number of hydrogen-bond donors (Lipinski definition) is 0. The lowest BCUT2D eigenvalue weighted by atomic mass is 10.1. The van der Waals surface area contributed by atoms with E-state index in [9.17, 15) is 0 Å². The molecule has 0 aliphatic rings. The second-order valence-corrected chi connectivity index (χ2v) is 6.68. The first kappa shape index (κ1) is 14.5. The molecule has 2 aromatic heterocycles. The second kappa shape index (κ2) is 5.73. The monoisotopic (exact) mass is 361 g/mol. The van der Waals surface area contributed by atoms with Crippen LogP contribution in [-0.4, -0.2) is 14.8 Å². The molecule has 3 aromatic rings. The largest absolute Gasteiger partial charge is 0.269 e. The Labute approximate surface area is 136 Å². The summed E-state index contributed by atoms with van der Waals surface area (Å²) in [5.74, 6) is 0. The maximum Gasteiger partial charge on any atom is 0.124 e. The van der Waals surface area contributed by atoms with Crippen molar-refractivity contribution in [2.75, 3.05) is 0 Å². The Morgan fingerprint density at radius 2 is 2.10 bits per heavy atom. The zero-order valence-corrected chi connectivity index (χ0v) is 14.6. The number of halogens is 1. The lowest BCUT2D eigenvalue weighted by Crippen LogP contribution is -1.98. The summed E-state index contributed by atoms with van der Waals surface area (Å²) < 4.78 is 3.10. The van der Waals surface area contributed by atoms with Gasteiger partial charge in [0.25, 0.3) is 0 Å². The Morgan fingerprint density at radius 3 is 2.76 bits per heavy atom. The second-order valence-electron chi connectivity index (χ2n) is 4.91. The highest BCUT2D eigenvalue weighted by Crippen LogP contribution is 2.33. The van der Waals surface area contributed by atoms with Crippen LogP contribution in [0.1, 0.15) is 18.3 Å². The smallest absolute Gasteiger partial charge is 0.124 e. The summed E-state index contributed by atoms with van der Waals surface area (Å²) >= 11 is 5.18. The molecule has 0 radical (unpaired) electrons. The molecule has 0 atom stereocenters. The highest BCUT2D eigenvalue weighted by atomic mass is 79.9. The Hall–Kier alpha value is -1.46. The molecular formula is C16H16BrN3S. The zero-order valence-electron chi connectivity index (χ0n) is 12.2. The summed E-state index contributed by atoms with van der Waals surface area (Å²) in [5.41, 5.74) is 5.54. The van der Waals surface area contributed by atoms with Crippen molar-refractivity contribution in [1.29, 1.82) is 0 Å². The van der Waals surface area contributed by atoms with E-state index in [-0.39, 0.29) is 0 Å². The fraction of sp³-hybridized carbons (Fsp3) is 0.250. The quantitative estimate of drug-likeness (QED) is 0.651. The van der Waals surface area contributed by atoms with E-state index in [0.717, 1.165) is 38.5 Å². The van der Waals surface area contributed by atoms with Crippen LogP contribution in [0.4, 0.5) is 0 Å². The van der Waals surface area contributed by atoms with Crippen LogP contribution in [0.3, 0.4) is 0 Å². The van der Waals surface area contributed by atoms with Crippen LogP contribution >= 0.6 is 27.3 Å². The normalized spacial score (nSPS) is 11.0. The maximum atomic E-state index is 4.81. The molecule has 108 valence electrons. The third-order valence-corrected chi connectivity index (χ3v) is 4.90. The number of nitrogens with zero attached hydrogens (tertiary/aromatic N) is 3. The van der Waals surface area contributed by atoms with Gasteiger partial charge in [0.2, 0.25) is 0 Å². The van der Waals surface area contributed by atoms with Gasteiger partial charge in [-0.15, -0.1) is 11.3 Å². The number of aryl methyl sites for hydroxylation is 2. The molecule has 1 aromatic carbocycles. The third-order valence-electron chi connectivity index (χ3n) is 3.51. The number of thiazole rings is 1. The predicted molar refractivity (Wildman–Crippen MR) is 91.6 cm³/mol. The van der Waals surface area contributed by atoms with Crippen LogP contribution in [-0.2, 0) is 6.54 Å². The van der Waals surface area contributed by atoms with Gasteiger partial charge in [-0.3, -0.25) is 4.68 Å². The first-order chi connectivity index (χ1) is 10.1. The van der Waals surface area contributed by atoms with Gasteiger partial charge in [-0.25, -0.2) is 4.98 Å². The first-order valence-electron chi connectivity index (χ1n) is 6.86. The highest BCUT2D eigenvalue weighted by molar-refractivity contribution is 9.10. The van der Waals surface area contributed by atoms with Gasteiger partial charge < -0.3 is 0 Å². The van der Waals surface area contributed by atoms with E-state index < -0.39 is 0 Å². The van der Waals surface area contributed by atoms with E-state index in [1.807, 2.05) is 23.7 Å². The molecule has 2 heterocycles. The standard InChI is InChI=1S/C16H16BrN3S/c1-4-20-11(3)15(10(2)19-20)14-9-21-16(18-14)12-6-5-7-13(17)8-12/h5-9H,4H2,1-3H3. The molecule has 3 rings (SSSR count). The van der Waals surface area contributed by atoms with Crippen molar-refractivity contribution in [3.05, 3.63) is 45.5 Å². The Bertz CT molecular complexity index is 789. The van der Waals surface area contributed by atoms with E-state index in [2.05, 4.69) is 52.4 Å². The minimum atomic E-state index is 0.884. The van der Waals surface area contributed by atoms with Crippen LogP contribution in [0.25, 0.3) is 21.8 Å². The minimum absolute atomic E-state index is 0.884. The SMILES string of the molecule is CCn1nc(C)c(-c2csc(-c3cccc(Br)c3)n2)c1C. The first-order valence-corrected chi connectivity index (χ1v) is 8.53. The molecule has 0 saturated carbocycles. The molecule has 0 aliphatic carbocycles. The molecular weight excluding hydrogens is 346 g/mol. The van der Waals surface area contributed by atoms with Gasteiger partial charge in [-0.2, -0.15) is 5.10 Å². The molecule has 21 heavy (non-hydrogen) atoms. The van der Waals surface area contributed by atoms with Crippen molar-refractivity contribution in [1.82, 2.24) is 14.8 Å².